The maximum atomic E-state index is 12.2. The van der Waals surface area contributed by atoms with Gasteiger partial charge in [0.05, 0.1) is 142 Å². The molecule has 4 N–H and O–H groups in total. The van der Waals surface area contributed by atoms with Gasteiger partial charge in [0.25, 0.3) is 5.91 Å². The van der Waals surface area contributed by atoms with Gasteiger partial charge in [0, 0.05) is 142 Å². The van der Waals surface area contributed by atoms with E-state index in [-0.39, 0.29) is 35.6 Å². The number of ether oxygens (including phenoxy) is 6. The number of methoxy groups -OCH3 is 5. The van der Waals surface area contributed by atoms with Crippen LogP contribution in [-0.4, -0.2) is 139 Å². The second-order valence-corrected chi connectivity index (χ2v) is 36.1. The summed E-state index contributed by atoms with van der Waals surface area (Å²) >= 11 is 7.34. The molecule has 0 unspecified atom stereocenters. The number of alkyl halides is 1. The number of nitriles is 5. The van der Waals surface area contributed by atoms with Gasteiger partial charge in [0.1, 0.15) is 70.6 Å². The van der Waals surface area contributed by atoms with Crippen LogP contribution in [0.5, 0.6) is 40.2 Å². The molecule has 0 bridgehead atoms. The standard InChI is InChI=1S/C24H25N3O4.C21H22ClN3O3S.C20H21N3O3S.C20H16N2OS.C18H16N2O2/c1-3-27-22-12-19(30-2)8-9-20(22)21(13-25)24(27)16-4-6-18(7-5-16)31-15-23(29)26-11-10-17(28)14-26;1-3-25-20-13-17(28-2)8-9-18(20)19(14-23)21(25)15-6-4-7-16(12-15)24-29(26,27)11-5-10-22;1-4-23-19-12-16(26-3)9-10-17(19)18(13-21)20(23)14-7-6-8-15(11-14)22-27(24,25)5-2;1-3-22-17-11-14(23-2)8-9-15(17)16(12-21)20(22)19-10-13-6-4-5-7-18(13)24-19;1-3-20-17-10-14(22-2)7-8-15(17)16(11-19)18(20)12-5-4-6-13(21)9-12/h4-9,12,17,28H,3,10-11,14-15H2,1-2H3;4,6-9,12-13,24H,3,5,10-11H2,1-2H3;6-12,22H,4-5H2,1-3H3;4-11H,3H2,1-2H3;4-10,21H,3H2,1-2H3/t17-;;;;/m0..../s1. The molecule has 16 aromatic rings. The number of anilines is 2. The van der Waals surface area contributed by atoms with Crippen LogP contribution in [0.15, 0.2) is 218 Å². The van der Waals surface area contributed by atoms with Gasteiger partial charge in [-0.25, -0.2) is 16.8 Å². The summed E-state index contributed by atoms with van der Waals surface area (Å²) in [6.45, 7) is 16.2. The van der Waals surface area contributed by atoms with E-state index in [2.05, 4.69) is 78.6 Å². The van der Waals surface area contributed by atoms with E-state index in [9.17, 15) is 58.2 Å². The highest BCUT2D eigenvalue weighted by Gasteiger charge is 2.28. The van der Waals surface area contributed by atoms with E-state index in [0.717, 1.165) is 152 Å². The largest absolute Gasteiger partial charge is 0.508 e. The minimum atomic E-state index is -3.48. The zero-order valence-corrected chi connectivity index (χ0v) is 78.7. The number of aromatic hydroxyl groups is 1. The van der Waals surface area contributed by atoms with Gasteiger partial charge < -0.3 is 66.4 Å². The summed E-state index contributed by atoms with van der Waals surface area (Å²) in [4.78, 5) is 15.0. The number of hydrogen-bond acceptors (Lipinski definition) is 19. The summed E-state index contributed by atoms with van der Waals surface area (Å²) in [6.07, 6.45) is 0.544. The van der Waals surface area contributed by atoms with Gasteiger partial charge in [-0.3, -0.25) is 14.2 Å². The molecule has 1 saturated heterocycles. The number of nitrogens with zero attached hydrogens (tertiary/aromatic N) is 11. The molecule has 1 amide bonds. The van der Waals surface area contributed by atoms with E-state index in [0.29, 0.717) is 90.7 Å². The second-order valence-electron chi connectivity index (χ2n) is 30.7. The number of carbonyl (C=O) groups is 1. The third kappa shape index (κ3) is 20.5. The average molecular weight is 1860 g/mol. The van der Waals surface area contributed by atoms with E-state index in [4.69, 9.17) is 40.0 Å². The van der Waals surface area contributed by atoms with Crippen LogP contribution < -0.4 is 37.9 Å². The highest BCUT2D eigenvalue weighted by molar-refractivity contribution is 7.92. The zero-order valence-electron chi connectivity index (χ0n) is 75.5. The number of hydrogen-bond donors (Lipinski definition) is 4. The maximum Gasteiger partial charge on any atom is 0.260 e. The van der Waals surface area contributed by atoms with Crippen LogP contribution in [0.25, 0.3) is 120 Å². The summed E-state index contributed by atoms with van der Waals surface area (Å²) in [5, 5.41) is 73.9. The van der Waals surface area contributed by atoms with E-state index in [1.54, 1.807) is 125 Å². The van der Waals surface area contributed by atoms with Crippen molar-refractivity contribution in [1.29, 1.82) is 26.3 Å². The Morgan fingerprint density at radius 3 is 1.15 bits per heavy atom. The van der Waals surface area contributed by atoms with Crippen LogP contribution in [0.1, 0.15) is 82.2 Å². The monoisotopic (exact) mass is 1860 g/mol. The third-order valence-corrected chi connectivity index (χ3v) is 27.1. The van der Waals surface area contributed by atoms with Crippen molar-refractivity contribution in [3.63, 3.8) is 0 Å². The number of aliphatic hydroxyl groups is 1. The van der Waals surface area contributed by atoms with Crippen molar-refractivity contribution in [3.8, 4) is 126 Å². The number of aliphatic hydroxyl groups excluding tert-OH is 1. The maximum absolute atomic E-state index is 12.2. The Morgan fingerprint density at radius 1 is 0.436 bits per heavy atom. The van der Waals surface area contributed by atoms with Crippen molar-refractivity contribution in [2.24, 2.45) is 0 Å². The molecule has 26 nitrogen and oxygen atoms in total. The average Bonchev–Trinajstić information content (AvgIpc) is 1.62. The number of carbonyl (C=O) groups excluding carboxylic acids is 1. The number of aromatic nitrogens is 5. The molecule has 1 aliphatic rings. The van der Waals surface area contributed by atoms with Crippen LogP contribution in [0.3, 0.4) is 0 Å². The third-order valence-electron chi connectivity index (χ3n) is 23.0. The molecule has 133 heavy (non-hydrogen) atoms. The number of phenols is 1. The smallest absolute Gasteiger partial charge is 0.260 e. The number of amides is 1. The summed E-state index contributed by atoms with van der Waals surface area (Å²) in [5.74, 6) is 4.61. The van der Waals surface area contributed by atoms with Gasteiger partial charge in [0.15, 0.2) is 6.61 Å². The fourth-order valence-corrected chi connectivity index (χ4v) is 20.0. The first kappa shape index (κ1) is 95.7. The highest BCUT2D eigenvalue weighted by Crippen LogP contribution is 2.44. The Kier molecular flexibility index (Phi) is 30.8. The molecule has 6 aromatic heterocycles. The van der Waals surface area contributed by atoms with Crippen LogP contribution >= 0.6 is 22.9 Å². The first-order chi connectivity index (χ1) is 64.4. The number of likely N-dealkylation sites (tertiary alicyclic amines) is 1. The van der Waals surface area contributed by atoms with Gasteiger partial charge in [-0.05, 0) is 199 Å². The Labute approximate surface area is 781 Å². The molecular weight excluding hydrogens is 1760 g/mol. The van der Waals surface area contributed by atoms with Crippen molar-refractivity contribution in [1.82, 2.24) is 27.7 Å². The molecule has 0 saturated carbocycles. The zero-order chi connectivity index (χ0) is 95.0. The molecule has 0 radical (unpaired) electrons. The number of rotatable bonds is 26. The van der Waals surface area contributed by atoms with Crippen molar-refractivity contribution in [2.45, 2.75) is 93.2 Å². The Bertz CT molecular complexity index is 7470. The number of nitrogens with one attached hydrogen (secondary N) is 2. The number of fused-ring (bicyclic) bond motifs is 6. The van der Waals surface area contributed by atoms with Gasteiger partial charge in [0.2, 0.25) is 20.0 Å². The number of aryl methyl sites for hydroxylation is 5. The minimum absolute atomic E-state index is 0.00428. The van der Waals surface area contributed by atoms with E-state index >= 15 is 0 Å². The number of phenolic OH excluding ortho intramolecular Hbond substituents is 1. The Morgan fingerprint density at radius 2 is 0.797 bits per heavy atom. The van der Waals surface area contributed by atoms with E-state index in [1.165, 1.54) is 10.1 Å². The van der Waals surface area contributed by atoms with Crippen molar-refractivity contribution < 1.29 is 60.3 Å². The van der Waals surface area contributed by atoms with Crippen molar-refractivity contribution in [2.75, 3.05) is 82.1 Å². The lowest BCUT2D eigenvalue weighted by Crippen LogP contribution is -2.33. The molecule has 17 rings (SSSR count). The molecular formula is C103H100ClN13O13S3. The number of halogens is 1. The highest BCUT2D eigenvalue weighted by atomic mass is 35.5. The molecule has 1 fully saturated rings. The van der Waals surface area contributed by atoms with Crippen molar-refractivity contribution in [3.05, 3.63) is 246 Å². The number of β-amino-alcohol motifs (C(OH)–C–C–N with tert-alkyl or cyclic N) is 1. The normalized spacial score (nSPS) is 12.2. The molecule has 1 atom stereocenters. The summed E-state index contributed by atoms with van der Waals surface area (Å²) in [6, 6.07) is 79.4. The molecule has 1 aliphatic heterocycles. The first-order valence-corrected chi connectivity index (χ1v) is 47.8. The lowest BCUT2D eigenvalue weighted by atomic mass is 10.1. The van der Waals surface area contributed by atoms with Crippen LogP contribution in [0.4, 0.5) is 11.4 Å². The molecule has 0 aliphatic carbocycles. The number of thiophene rings is 1. The quantitative estimate of drug-likeness (QED) is 0.0366. The van der Waals surface area contributed by atoms with Crippen LogP contribution in [-0.2, 0) is 57.6 Å². The van der Waals surface area contributed by atoms with Crippen molar-refractivity contribution >= 4 is 125 Å². The summed E-state index contributed by atoms with van der Waals surface area (Å²) < 4.78 is 97.4. The topological polar surface area (TPSA) is 352 Å². The lowest BCUT2D eigenvalue weighted by molar-refractivity contribution is -0.132. The summed E-state index contributed by atoms with van der Waals surface area (Å²) in [7, 11) is 1.27. The molecule has 30 heteroatoms. The number of benzene rings is 10. The predicted molar refractivity (Wildman–Crippen MR) is 527 cm³/mol. The SMILES string of the molecule is CCn1c(-c2cc3ccccc3s2)c(C#N)c2ccc(OC)cc21.CCn1c(-c2ccc(OCC(=O)N3CC[C@H](O)C3)cc2)c(C#N)c2ccc(OC)cc21.CCn1c(-c2cccc(NS(=O)(=O)CC)c2)c(C#N)c2ccc(OC)cc21.CCn1c(-c2cccc(NS(=O)(=O)CCCCl)c2)c(C#N)c2ccc(OC)cc21.CCn1c(-c2cccc(O)c2)c(C#N)c2ccc(OC)cc21. The Balaban J connectivity index is 0.000000142. The second kappa shape index (κ2) is 42.8. The van der Waals surface area contributed by atoms with Gasteiger partial charge in [-0.2, -0.15) is 26.3 Å². The van der Waals surface area contributed by atoms with Gasteiger partial charge >= 0.3 is 0 Å². The number of sulfonamides is 2. The van der Waals surface area contributed by atoms with E-state index < -0.39 is 26.2 Å². The fourth-order valence-electron chi connectivity index (χ4n) is 16.8. The summed E-state index contributed by atoms with van der Waals surface area (Å²) in [5.41, 5.74) is 16.2. The molecule has 680 valence electrons. The van der Waals surface area contributed by atoms with E-state index in [1.807, 2.05) is 170 Å². The fraction of sp³-hybridized carbons (Fsp3) is 0.243. The predicted octanol–water partition coefficient (Wildman–Crippen LogP) is 21.1. The minimum Gasteiger partial charge on any atom is -0.508 e. The van der Waals surface area contributed by atoms with Gasteiger partial charge in [-0.15, -0.1) is 22.9 Å². The van der Waals surface area contributed by atoms with Crippen LogP contribution in [0, 0.1) is 56.7 Å². The van der Waals surface area contributed by atoms with Gasteiger partial charge in [-0.1, -0.05) is 54.6 Å². The molecule has 7 heterocycles. The lowest BCUT2D eigenvalue weighted by Gasteiger charge is -2.16. The molecule has 0 spiro atoms. The van der Waals surface area contributed by atoms with Crippen LogP contribution in [0.2, 0.25) is 0 Å². The first-order valence-electron chi connectivity index (χ1n) is 43.2. The molecule has 10 aromatic carbocycles. The Hall–Kier alpha value is -14.9.